The van der Waals surface area contributed by atoms with E-state index in [1.165, 1.54) is 12.1 Å². The Kier molecular flexibility index (Phi) is 2.90. The van der Waals surface area contributed by atoms with Crippen LogP contribution >= 0.6 is 0 Å². The minimum absolute atomic E-state index is 0.0500. The lowest BCUT2D eigenvalue weighted by Gasteiger charge is -2.03. The van der Waals surface area contributed by atoms with Crippen LogP contribution in [0.2, 0.25) is 0 Å². The van der Waals surface area contributed by atoms with Crippen LogP contribution in [0.25, 0.3) is 28.0 Å². The van der Waals surface area contributed by atoms with Gasteiger partial charge in [0.25, 0.3) is 5.69 Å². The molecule has 0 unspecified atom stereocenters. The fourth-order valence-electron chi connectivity index (χ4n) is 2.54. The van der Waals surface area contributed by atoms with Crippen LogP contribution in [0, 0.1) is 10.1 Å². The van der Waals surface area contributed by atoms with Gasteiger partial charge >= 0.3 is 0 Å². The van der Waals surface area contributed by atoms with Gasteiger partial charge in [-0.3, -0.25) is 10.1 Å². The topological polar surface area (TPSA) is 89.6 Å². The molecule has 0 fully saturated rings. The number of fused-ring (bicyclic) bond motifs is 1. The molecule has 0 aliphatic carbocycles. The number of pyridine rings is 1. The van der Waals surface area contributed by atoms with Gasteiger partial charge in [0, 0.05) is 41.7 Å². The molecule has 4 rings (SSSR count). The second-order valence-corrected chi connectivity index (χ2v) is 5.02. The first-order valence-electron chi connectivity index (χ1n) is 6.95. The molecule has 0 radical (unpaired) electrons. The average Bonchev–Trinajstić information content (AvgIpc) is 3.24. The molecule has 3 heterocycles. The van der Waals surface area contributed by atoms with Crippen molar-refractivity contribution in [3.63, 3.8) is 0 Å². The van der Waals surface area contributed by atoms with E-state index in [9.17, 15) is 10.1 Å². The quantitative estimate of drug-likeness (QED) is 0.464. The highest BCUT2D eigenvalue weighted by Gasteiger charge is 2.11. The Morgan fingerprint density at radius 1 is 1.17 bits per heavy atom. The van der Waals surface area contributed by atoms with Gasteiger partial charge in [0.1, 0.15) is 5.65 Å². The summed E-state index contributed by atoms with van der Waals surface area (Å²) in [7, 11) is 0. The highest BCUT2D eigenvalue weighted by molar-refractivity contribution is 5.84. The van der Waals surface area contributed by atoms with E-state index in [2.05, 4.69) is 15.1 Å². The molecule has 0 aliphatic rings. The minimum atomic E-state index is -0.410. The van der Waals surface area contributed by atoms with Crippen LogP contribution in [-0.4, -0.2) is 24.7 Å². The summed E-state index contributed by atoms with van der Waals surface area (Å²) in [5.41, 5.74) is 3.11. The summed E-state index contributed by atoms with van der Waals surface area (Å²) in [5, 5.41) is 16.4. The second-order valence-electron chi connectivity index (χ2n) is 5.02. The number of aromatic nitrogens is 4. The Balaban J connectivity index is 1.79. The van der Waals surface area contributed by atoms with Crippen LogP contribution in [0.1, 0.15) is 0 Å². The van der Waals surface area contributed by atoms with Crippen molar-refractivity contribution in [2.75, 3.05) is 0 Å². The van der Waals surface area contributed by atoms with Crippen molar-refractivity contribution < 1.29 is 4.92 Å². The number of aromatic amines is 1. The van der Waals surface area contributed by atoms with Crippen LogP contribution in [0.5, 0.6) is 0 Å². The molecule has 1 N–H and O–H groups in total. The summed E-state index contributed by atoms with van der Waals surface area (Å²) in [4.78, 5) is 17.8. The van der Waals surface area contributed by atoms with E-state index < -0.39 is 4.92 Å². The monoisotopic (exact) mass is 305 g/mol. The Hall–Kier alpha value is -3.48. The number of non-ortho nitro benzene ring substituents is 1. The molecule has 7 nitrogen and oxygen atoms in total. The zero-order valence-corrected chi connectivity index (χ0v) is 11.9. The fraction of sp³-hybridized carbons (Fsp3) is 0. The van der Waals surface area contributed by atoms with Gasteiger partial charge < -0.3 is 4.98 Å². The Labute approximate surface area is 130 Å². The lowest BCUT2D eigenvalue weighted by molar-refractivity contribution is -0.384. The number of hydrogen-bond acceptors (Lipinski definition) is 4. The van der Waals surface area contributed by atoms with Crippen molar-refractivity contribution in [3.8, 4) is 16.9 Å². The van der Waals surface area contributed by atoms with Crippen molar-refractivity contribution >= 4 is 16.7 Å². The molecular weight excluding hydrogens is 294 g/mol. The van der Waals surface area contributed by atoms with Crippen molar-refractivity contribution in [2.45, 2.75) is 0 Å². The maximum Gasteiger partial charge on any atom is 0.270 e. The van der Waals surface area contributed by atoms with E-state index >= 15 is 0 Å². The predicted octanol–water partition coefficient (Wildman–Crippen LogP) is 3.32. The zero-order valence-electron chi connectivity index (χ0n) is 11.9. The van der Waals surface area contributed by atoms with E-state index in [4.69, 9.17) is 0 Å². The van der Waals surface area contributed by atoms with Crippen LogP contribution in [0.3, 0.4) is 0 Å². The maximum absolute atomic E-state index is 10.9. The smallest absolute Gasteiger partial charge is 0.270 e. The molecule has 0 saturated heterocycles. The van der Waals surface area contributed by atoms with Crippen molar-refractivity contribution in [1.29, 1.82) is 0 Å². The minimum Gasteiger partial charge on any atom is -0.346 e. The first-order valence-corrected chi connectivity index (χ1v) is 6.95. The molecule has 1 aromatic carbocycles. The number of H-pyrrole nitrogens is 1. The van der Waals surface area contributed by atoms with Gasteiger partial charge in [-0.2, -0.15) is 5.10 Å². The molecule has 23 heavy (non-hydrogen) atoms. The first-order chi connectivity index (χ1) is 11.2. The molecule has 0 saturated carbocycles. The van der Waals surface area contributed by atoms with Gasteiger partial charge in [0.05, 0.1) is 16.3 Å². The van der Waals surface area contributed by atoms with Crippen LogP contribution < -0.4 is 0 Å². The van der Waals surface area contributed by atoms with E-state index in [0.29, 0.717) is 11.3 Å². The van der Waals surface area contributed by atoms with E-state index in [0.717, 1.165) is 16.7 Å². The molecule has 3 aromatic heterocycles. The molecule has 112 valence electrons. The molecule has 7 heteroatoms. The van der Waals surface area contributed by atoms with Gasteiger partial charge in [-0.05, 0) is 18.2 Å². The van der Waals surface area contributed by atoms with E-state index in [1.807, 2.05) is 30.6 Å². The number of nitrogens with zero attached hydrogens (tertiary/aromatic N) is 4. The van der Waals surface area contributed by atoms with Crippen molar-refractivity contribution in [2.24, 2.45) is 0 Å². The van der Waals surface area contributed by atoms with E-state index in [-0.39, 0.29) is 5.69 Å². The summed E-state index contributed by atoms with van der Waals surface area (Å²) < 4.78 is 1.74. The molecule has 0 bridgehead atoms. The summed E-state index contributed by atoms with van der Waals surface area (Å²) >= 11 is 0. The predicted molar refractivity (Wildman–Crippen MR) is 85.3 cm³/mol. The first kappa shape index (κ1) is 13.2. The van der Waals surface area contributed by atoms with Gasteiger partial charge in [0.15, 0.2) is 0 Å². The maximum atomic E-state index is 10.9. The highest BCUT2D eigenvalue weighted by atomic mass is 16.6. The molecule has 0 amide bonds. The molecular formula is C16H11N5O2. The van der Waals surface area contributed by atoms with Crippen LogP contribution in [0.15, 0.2) is 61.1 Å². The van der Waals surface area contributed by atoms with E-state index in [1.54, 1.807) is 23.0 Å². The number of nitro benzene ring substituents is 1. The van der Waals surface area contributed by atoms with Gasteiger partial charge in [-0.15, -0.1) is 0 Å². The Bertz CT molecular complexity index is 1020. The van der Waals surface area contributed by atoms with Gasteiger partial charge in [-0.1, -0.05) is 12.1 Å². The number of nitrogens with one attached hydrogen (secondary N) is 1. The highest BCUT2D eigenvalue weighted by Crippen LogP contribution is 2.24. The standard InChI is InChI=1S/C16H11N5O2/c22-21(23)12-3-1-2-11(10-12)14-6-9-20(19-14)15-5-8-18-16-13(15)4-7-17-16/h1-10H,(H,17,18). The lowest BCUT2D eigenvalue weighted by Crippen LogP contribution is -1.96. The summed E-state index contributed by atoms with van der Waals surface area (Å²) in [6.07, 6.45) is 5.37. The molecule has 4 aromatic rings. The third kappa shape index (κ3) is 2.24. The van der Waals surface area contributed by atoms with Crippen molar-refractivity contribution in [1.82, 2.24) is 19.7 Å². The summed E-state index contributed by atoms with van der Waals surface area (Å²) in [5.74, 6) is 0. The van der Waals surface area contributed by atoms with Gasteiger partial charge in [0.2, 0.25) is 0 Å². The molecule has 0 aliphatic heterocycles. The number of nitro groups is 1. The summed E-state index contributed by atoms with van der Waals surface area (Å²) in [6.45, 7) is 0. The second kappa shape index (κ2) is 5.06. The molecule has 0 spiro atoms. The number of hydrogen-bond donors (Lipinski definition) is 1. The Morgan fingerprint density at radius 2 is 2.09 bits per heavy atom. The van der Waals surface area contributed by atoms with Crippen molar-refractivity contribution in [3.05, 3.63) is 71.2 Å². The average molecular weight is 305 g/mol. The lowest BCUT2D eigenvalue weighted by atomic mass is 10.1. The zero-order chi connectivity index (χ0) is 15.8. The van der Waals surface area contributed by atoms with Crippen LogP contribution in [-0.2, 0) is 0 Å². The normalized spacial score (nSPS) is 11.0. The SMILES string of the molecule is O=[N+]([O-])c1cccc(-c2ccn(-c3ccnc4[nH]ccc34)n2)c1. The Morgan fingerprint density at radius 3 is 2.96 bits per heavy atom. The van der Waals surface area contributed by atoms with Crippen LogP contribution in [0.4, 0.5) is 5.69 Å². The fourth-order valence-corrected chi connectivity index (χ4v) is 2.54. The third-order valence-electron chi connectivity index (χ3n) is 3.63. The number of rotatable bonds is 3. The van der Waals surface area contributed by atoms with Gasteiger partial charge in [-0.25, -0.2) is 9.67 Å². The largest absolute Gasteiger partial charge is 0.346 e. The third-order valence-corrected chi connectivity index (χ3v) is 3.63. The number of benzene rings is 1. The summed E-state index contributed by atoms with van der Waals surface area (Å²) in [6, 6.07) is 12.1. The molecule has 0 atom stereocenters.